The molecule has 0 unspecified atom stereocenters. The number of nitrogens with zero attached hydrogens (tertiary/aromatic N) is 4. The predicted octanol–water partition coefficient (Wildman–Crippen LogP) is 4.50. The van der Waals surface area contributed by atoms with Crippen LogP contribution in [0.1, 0.15) is 21.7 Å². The molecule has 0 aliphatic rings. The van der Waals surface area contributed by atoms with Crippen LogP contribution < -0.4 is 10.1 Å². The number of ether oxygens (including phenoxy) is 1. The van der Waals surface area contributed by atoms with Crippen LogP contribution in [0.25, 0.3) is 5.65 Å². The first-order valence-electron chi connectivity index (χ1n) is 8.75. The molecule has 1 amide bonds. The Hall–Kier alpha value is -3.95. The lowest BCUT2D eigenvalue weighted by atomic mass is 10.1. The molecule has 0 fully saturated rings. The van der Waals surface area contributed by atoms with Gasteiger partial charge in [-0.15, -0.1) is 15.3 Å². The molecule has 2 aromatic heterocycles. The van der Waals surface area contributed by atoms with Crippen molar-refractivity contribution in [2.75, 3.05) is 5.32 Å². The molecule has 10 heteroatoms. The van der Waals surface area contributed by atoms with Crippen LogP contribution in [-0.2, 0) is 6.18 Å². The summed E-state index contributed by atoms with van der Waals surface area (Å²) in [4.78, 5) is 12.3. The number of amides is 1. The molecule has 2 heterocycles. The van der Waals surface area contributed by atoms with E-state index >= 15 is 0 Å². The van der Waals surface area contributed by atoms with Gasteiger partial charge in [0.1, 0.15) is 5.75 Å². The van der Waals surface area contributed by atoms with Crippen molar-refractivity contribution in [3.05, 3.63) is 77.6 Å². The summed E-state index contributed by atoms with van der Waals surface area (Å²) in [5.74, 6) is -1.23. The second kappa shape index (κ2) is 7.47. The Kier molecular flexibility index (Phi) is 4.82. The molecule has 0 bridgehead atoms. The lowest BCUT2D eigenvalue weighted by Gasteiger charge is -2.09. The lowest BCUT2D eigenvalue weighted by molar-refractivity contribution is -0.146. The lowest BCUT2D eigenvalue weighted by Crippen LogP contribution is -2.12. The number of alkyl halides is 3. The summed E-state index contributed by atoms with van der Waals surface area (Å²) < 4.78 is 45.0. The molecule has 7 nitrogen and oxygen atoms in total. The number of anilines is 1. The molecule has 0 aliphatic carbocycles. The van der Waals surface area contributed by atoms with Crippen LogP contribution in [0.15, 0.2) is 60.7 Å². The number of nitrogens with one attached hydrogen (secondary N) is 1. The summed E-state index contributed by atoms with van der Waals surface area (Å²) in [5, 5.41) is 13.1. The van der Waals surface area contributed by atoms with Gasteiger partial charge in [-0.3, -0.25) is 4.79 Å². The normalized spacial score (nSPS) is 11.5. The summed E-state index contributed by atoms with van der Waals surface area (Å²) >= 11 is 0. The smallest absolute Gasteiger partial charge is 0.438 e. The number of aryl methyl sites for hydroxylation is 1. The highest BCUT2D eigenvalue weighted by Gasteiger charge is 2.37. The second-order valence-electron chi connectivity index (χ2n) is 6.41. The number of rotatable bonds is 4. The number of carbonyl (C=O) groups is 1. The maximum Gasteiger partial charge on any atom is 0.453 e. The Bertz CT molecular complexity index is 1220. The average Bonchev–Trinajstić information content (AvgIpc) is 3.13. The summed E-state index contributed by atoms with van der Waals surface area (Å²) in [6.07, 6.45) is -4.69. The average molecular weight is 413 g/mol. The van der Waals surface area contributed by atoms with E-state index in [1.807, 2.05) is 13.0 Å². The third kappa shape index (κ3) is 4.07. The van der Waals surface area contributed by atoms with E-state index in [9.17, 15) is 18.0 Å². The molecule has 4 rings (SSSR count). The Morgan fingerprint density at radius 1 is 1.03 bits per heavy atom. The maximum absolute atomic E-state index is 13.0. The van der Waals surface area contributed by atoms with Crippen LogP contribution >= 0.6 is 0 Å². The van der Waals surface area contributed by atoms with Crippen LogP contribution in [0.3, 0.4) is 0 Å². The fourth-order valence-electron chi connectivity index (χ4n) is 2.72. The molecule has 2 aromatic carbocycles. The van der Waals surface area contributed by atoms with E-state index in [-0.39, 0.29) is 17.4 Å². The molecular formula is C20H14F3N5O2. The number of halogens is 3. The van der Waals surface area contributed by atoms with E-state index in [1.54, 1.807) is 42.5 Å². The summed E-state index contributed by atoms with van der Waals surface area (Å²) in [6, 6.07) is 16.2. The number of hydrogen-bond acceptors (Lipinski definition) is 5. The molecule has 0 radical (unpaired) electrons. The van der Waals surface area contributed by atoms with E-state index in [1.165, 1.54) is 12.1 Å². The van der Waals surface area contributed by atoms with Crippen molar-refractivity contribution < 1.29 is 22.7 Å². The van der Waals surface area contributed by atoms with Crippen LogP contribution in [0.4, 0.5) is 18.9 Å². The highest BCUT2D eigenvalue weighted by molar-refractivity contribution is 6.04. The Labute approximate surface area is 168 Å². The van der Waals surface area contributed by atoms with Gasteiger partial charge in [0.2, 0.25) is 5.88 Å². The first-order chi connectivity index (χ1) is 14.3. The maximum atomic E-state index is 13.0. The zero-order valence-corrected chi connectivity index (χ0v) is 15.5. The number of fused-ring (bicyclic) bond motifs is 1. The third-order valence-corrected chi connectivity index (χ3v) is 4.11. The van der Waals surface area contributed by atoms with Crippen LogP contribution in [0, 0.1) is 6.92 Å². The molecule has 0 spiro atoms. The highest BCUT2D eigenvalue weighted by atomic mass is 19.4. The van der Waals surface area contributed by atoms with Gasteiger partial charge in [-0.1, -0.05) is 17.7 Å². The van der Waals surface area contributed by atoms with Gasteiger partial charge in [-0.2, -0.15) is 17.7 Å². The zero-order chi connectivity index (χ0) is 21.3. The summed E-state index contributed by atoms with van der Waals surface area (Å²) in [5.41, 5.74) is 1.99. The van der Waals surface area contributed by atoms with Crippen molar-refractivity contribution in [3.63, 3.8) is 0 Å². The van der Waals surface area contributed by atoms with Crippen LogP contribution in [-0.4, -0.2) is 25.7 Å². The monoisotopic (exact) mass is 413 g/mol. The van der Waals surface area contributed by atoms with Gasteiger partial charge in [0.25, 0.3) is 11.7 Å². The predicted molar refractivity (Wildman–Crippen MR) is 101 cm³/mol. The molecule has 0 saturated carbocycles. The van der Waals surface area contributed by atoms with Crippen molar-refractivity contribution in [2.45, 2.75) is 13.1 Å². The fourth-order valence-corrected chi connectivity index (χ4v) is 2.72. The van der Waals surface area contributed by atoms with Crippen LogP contribution in [0.5, 0.6) is 11.6 Å². The Morgan fingerprint density at radius 3 is 2.50 bits per heavy atom. The van der Waals surface area contributed by atoms with Crippen molar-refractivity contribution in [1.29, 1.82) is 0 Å². The van der Waals surface area contributed by atoms with E-state index in [0.29, 0.717) is 21.5 Å². The Morgan fingerprint density at radius 2 is 1.80 bits per heavy atom. The number of benzene rings is 2. The van der Waals surface area contributed by atoms with Gasteiger partial charge in [-0.05, 0) is 49.4 Å². The minimum Gasteiger partial charge on any atom is -0.438 e. The van der Waals surface area contributed by atoms with E-state index < -0.39 is 12.0 Å². The van der Waals surface area contributed by atoms with Gasteiger partial charge < -0.3 is 10.1 Å². The molecule has 1 N–H and O–H groups in total. The molecule has 0 aliphatic heterocycles. The van der Waals surface area contributed by atoms with Gasteiger partial charge >= 0.3 is 6.18 Å². The van der Waals surface area contributed by atoms with Crippen molar-refractivity contribution in [1.82, 2.24) is 19.8 Å². The number of aromatic nitrogens is 4. The summed E-state index contributed by atoms with van der Waals surface area (Å²) in [7, 11) is 0. The van der Waals surface area contributed by atoms with Crippen molar-refractivity contribution in [3.8, 4) is 11.6 Å². The Balaban J connectivity index is 1.49. The second-order valence-corrected chi connectivity index (χ2v) is 6.41. The van der Waals surface area contributed by atoms with E-state index in [0.717, 1.165) is 5.56 Å². The van der Waals surface area contributed by atoms with Crippen LogP contribution in [0.2, 0.25) is 0 Å². The zero-order valence-electron chi connectivity index (χ0n) is 15.5. The first kappa shape index (κ1) is 19.4. The van der Waals surface area contributed by atoms with Gasteiger partial charge in [0.05, 0.1) is 0 Å². The number of carbonyl (C=O) groups excluding carboxylic acids is 1. The van der Waals surface area contributed by atoms with Gasteiger partial charge in [-0.25, -0.2) is 0 Å². The van der Waals surface area contributed by atoms with E-state index in [4.69, 9.17) is 4.74 Å². The molecule has 0 saturated heterocycles. The largest absolute Gasteiger partial charge is 0.453 e. The first-order valence-corrected chi connectivity index (χ1v) is 8.75. The SMILES string of the molecule is Cc1cccc(C(=O)Nc2ccc(Oc3ccc4nnc(C(F)(F)F)n4n3)cc2)c1. The molecule has 152 valence electrons. The standard InChI is InChI=1S/C20H14F3N5O2/c1-12-3-2-4-13(11-12)18(29)24-14-5-7-15(8-6-14)30-17-10-9-16-25-26-19(20(21,22)23)28(16)27-17/h2-11H,1H3,(H,24,29). The highest BCUT2D eigenvalue weighted by Crippen LogP contribution is 2.28. The van der Waals surface area contributed by atoms with E-state index in [2.05, 4.69) is 20.6 Å². The summed E-state index contributed by atoms with van der Waals surface area (Å²) in [6.45, 7) is 1.89. The van der Waals surface area contributed by atoms with Crippen molar-refractivity contribution in [2.24, 2.45) is 0 Å². The quantitative estimate of drug-likeness (QED) is 0.533. The minimum atomic E-state index is -4.69. The molecular weight excluding hydrogens is 399 g/mol. The molecule has 4 aromatic rings. The molecule has 0 atom stereocenters. The van der Waals surface area contributed by atoms with Gasteiger partial charge in [0, 0.05) is 17.3 Å². The van der Waals surface area contributed by atoms with Crippen molar-refractivity contribution >= 4 is 17.2 Å². The van der Waals surface area contributed by atoms with Gasteiger partial charge in [0.15, 0.2) is 5.65 Å². The fraction of sp³-hybridized carbons (Fsp3) is 0.100. The third-order valence-electron chi connectivity index (χ3n) is 4.11. The number of hydrogen-bond donors (Lipinski definition) is 1. The molecule has 30 heavy (non-hydrogen) atoms. The topological polar surface area (TPSA) is 81.4 Å². The minimum absolute atomic E-state index is 0.0520.